The Kier molecular flexibility index (Phi) is 5.76. The highest BCUT2D eigenvalue weighted by Gasteiger charge is 2.34. The number of unbranched alkanes of at least 4 members (excludes halogenated alkanes) is 1. The molecule has 3 aromatic rings. The van der Waals surface area contributed by atoms with E-state index in [0.29, 0.717) is 43.2 Å². The molecule has 3 rings (SSSR count). The maximum absolute atomic E-state index is 13.2. The first-order chi connectivity index (χ1) is 13.7. The highest BCUT2D eigenvalue weighted by Crippen LogP contribution is 2.37. The van der Waals surface area contributed by atoms with Crippen molar-refractivity contribution in [2.45, 2.75) is 38.9 Å². The summed E-state index contributed by atoms with van der Waals surface area (Å²) in [6, 6.07) is 5.91. The molecular weight excluding hydrogens is 391 g/mol. The summed E-state index contributed by atoms with van der Waals surface area (Å²) in [4.78, 5) is 11.6. The molecule has 0 aliphatic heterocycles. The molecule has 0 atom stereocenters. The Hall–Kier alpha value is -3.10. The average molecular weight is 411 g/mol. The van der Waals surface area contributed by atoms with Crippen LogP contribution in [0.4, 0.5) is 13.2 Å². The minimum Gasteiger partial charge on any atom is -0.494 e. The van der Waals surface area contributed by atoms with E-state index in [0.717, 1.165) is 0 Å². The summed E-state index contributed by atoms with van der Waals surface area (Å²) >= 11 is 0. The van der Waals surface area contributed by atoms with E-state index in [1.54, 1.807) is 6.92 Å². The van der Waals surface area contributed by atoms with Crippen LogP contribution in [0.1, 0.15) is 30.9 Å². The molecule has 2 aromatic heterocycles. The first-order valence-electron chi connectivity index (χ1n) is 9.09. The first kappa shape index (κ1) is 20.6. The van der Waals surface area contributed by atoms with Crippen molar-refractivity contribution in [2.24, 2.45) is 0 Å². The molecule has 0 saturated carbocycles. The number of rotatable bonds is 7. The Balaban J connectivity index is 1.75. The molecule has 0 unspecified atom stereocenters. The minimum atomic E-state index is -4.67. The zero-order valence-corrected chi connectivity index (χ0v) is 15.6. The molecule has 6 nitrogen and oxygen atoms in total. The second-order valence-electron chi connectivity index (χ2n) is 6.51. The summed E-state index contributed by atoms with van der Waals surface area (Å²) in [5.74, 6) is 0.276. The van der Waals surface area contributed by atoms with Gasteiger partial charge in [-0.15, -0.1) is 0 Å². The summed E-state index contributed by atoms with van der Waals surface area (Å²) in [5, 5.41) is 19.0. The summed E-state index contributed by atoms with van der Waals surface area (Å²) in [6.07, 6.45) is -3.18. The Morgan fingerprint density at radius 2 is 1.79 bits per heavy atom. The fourth-order valence-corrected chi connectivity index (χ4v) is 3.20. The van der Waals surface area contributed by atoms with Gasteiger partial charge < -0.3 is 19.4 Å². The number of hydrogen-bond donors (Lipinski definition) is 2. The third kappa shape index (κ3) is 4.33. The molecule has 0 bridgehead atoms. The van der Waals surface area contributed by atoms with Crippen molar-refractivity contribution in [1.82, 2.24) is 4.57 Å². The number of hydrogen-bond acceptors (Lipinski definition) is 5. The third-order valence-electron chi connectivity index (χ3n) is 4.60. The van der Waals surface area contributed by atoms with Crippen molar-refractivity contribution in [1.29, 1.82) is 0 Å². The van der Waals surface area contributed by atoms with Crippen LogP contribution in [0.5, 0.6) is 17.5 Å². The zero-order chi connectivity index (χ0) is 21.2. The van der Waals surface area contributed by atoms with E-state index in [-0.39, 0.29) is 29.3 Å². The smallest absolute Gasteiger partial charge is 0.417 e. The molecular formula is C20H20F3NO5. The molecule has 0 fully saturated rings. The molecule has 0 radical (unpaired) electrons. The molecule has 0 saturated heterocycles. The molecule has 2 N–H and O–H groups in total. The van der Waals surface area contributed by atoms with Gasteiger partial charge in [0.2, 0.25) is 0 Å². The SMILES string of the molecule is CCc1c(OCCCCn2c(O)ccc2O)ccc2c(C(F)(F)F)cc(=O)oc12. The molecule has 156 valence electrons. The van der Waals surface area contributed by atoms with Crippen molar-refractivity contribution >= 4 is 11.0 Å². The van der Waals surface area contributed by atoms with Crippen molar-refractivity contribution in [3.8, 4) is 17.5 Å². The van der Waals surface area contributed by atoms with Crippen LogP contribution in [0, 0.1) is 0 Å². The Morgan fingerprint density at radius 1 is 1.10 bits per heavy atom. The van der Waals surface area contributed by atoms with Crippen molar-refractivity contribution in [3.05, 3.63) is 51.9 Å². The number of halogens is 3. The maximum atomic E-state index is 13.2. The molecule has 2 heterocycles. The van der Waals surface area contributed by atoms with E-state index in [4.69, 9.17) is 9.15 Å². The van der Waals surface area contributed by atoms with Gasteiger partial charge in [-0.2, -0.15) is 13.2 Å². The number of benzene rings is 1. The molecule has 1 aromatic carbocycles. The molecule has 0 aliphatic rings. The Bertz CT molecular complexity index is 1050. The van der Waals surface area contributed by atoms with Crippen LogP contribution in [-0.2, 0) is 19.1 Å². The average Bonchev–Trinajstić information content (AvgIpc) is 2.97. The van der Waals surface area contributed by atoms with E-state index in [1.807, 2.05) is 0 Å². The second kappa shape index (κ2) is 8.10. The predicted octanol–water partition coefficient (Wildman–Crippen LogP) is 4.45. The Morgan fingerprint density at radius 3 is 2.41 bits per heavy atom. The predicted molar refractivity (Wildman–Crippen MR) is 99.4 cm³/mol. The monoisotopic (exact) mass is 411 g/mol. The number of fused-ring (bicyclic) bond motifs is 1. The van der Waals surface area contributed by atoms with Gasteiger partial charge in [0.1, 0.15) is 11.3 Å². The van der Waals surface area contributed by atoms with Gasteiger partial charge in [-0.05, 0) is 31.4 Å². The fourth-order valence-electron chi connectivity index (χ4n) is 3.20. The highest BCUT2D eigenvalue weighted by atomic mass is 19.4. The molecule has 29 heavy (non-hydrogen) atoms. The number of aromatic hydroxyl groups is 2. The fraction of sp³-hybridized carbons (Fsp3) is 0.350. The van der Waals surface area contributed by atoms with Gasteiger partial charge >= 0.3 is 11.8 Å². The summed E-state index contributed by atoms with van der Waals surface area (Å²) in [6.45, 7) is 2.39. The van der Waals surface area contributed by atoms with Gasteiger partial charge in [0.05, 0.1) is 12.2 Å². The van der Waals surface area contributed by atoms with E-state index >= 15 is 0 Å². The number of ether oxygens (including phenoxy) is 1. The van der Waals surface area contributed by atoms with Crippen LogP contribution >= 0.6 is 0 Å². The molecule has 9 heteroatoms. The lowest BCUT2D eigenvalue weighted by molar-refractivity contribution is -0.136. The lowest BCUT2D eigenvalue weighted by atomic mass is 10.0. The summed E-state index contributed by atoms with van der Waals surface area (Å²) in [7, 11) is 0. The normalized spacial score (nSPS) is 11.9. The zero-order valence-electron chi connectivity index (χ0n) is 15.6. The van der Waals surface area contributed by atoms with Gasteiger partial charge in [0, 0.05) is 35.7 Å². The molecule has 0 spiro atoms. The Labute approximate surface area is 163 Å². The minimum absolute atomic E-state index is 0.0401. The molecule has 0 aliphatic carbocycles. The van der Waals surface area contributed by atoms with Gasteiger partial charge in [0.25, 0.3) is 0 Å². The van der Waals surface area contributed by atoms with Crippen molar-refractivity contribution in [2.75, 3.05) is 6.61 Å². The number of nitrogens with zero attached hydrogens (tertiary/aromatic N) is 1. The highest BCUT2D eigenvalue weighted by molar-refractivity contribution is 5.85. The van der Waals surface area contributed by atoms with Crippen molar-refractivity contribution < 1.29 is 32.5 Å². The largest absolute Gasteiger partial charge is 0.494 e. The van der Waals surface area contributed by atoms with Crippen LogP contribution in [-0.4, -0.2) is 21.4 Å². The van der Waals surface area contributed by atoms with Crippen LogP contribution < -0.4 is 10.4 Å². The first-order valence-corrected chi connectivity index (χ1v) is 9.09. The number of alkyl halides is 3. The summed E-state index contributed by atoms with van der Waals surface area (Å²) in [5.41, 5.74) is -1.82. The van der Waals surface area contributed by atoms with E-state index in [2.05, 4.69) is 0 Å². The van der Waals surface area contributed by atoms with E-state index in [9.17, 15) is 28.2 Å². The quantitative estimate of drug-likeness (QED) is 0.443. The number of aryl methyl sites for hydroxylation is 1. The molecule has 0 amide bonds. The van der Waals surface area contributed by atoms with E-state index < -0.39 is 17.4 Å². The topological polar surface area (TPSA) is 84.8 Å². The van der Waals surface area contributed by atoms with Gasteiger partial charge in [-0.3, -0.25) is 4.57 Å². The lowest BCUT2D eigenvalue weighted by Gasteiger charge is -2.15. The van der Waals surface area contributed by atoms with Gasteiger partial charge in [0.15, 0.2) is 11.8 Å². The van der Waals surface area contributed by atoms with Crippen LogP contribution in [0.25, 0.3) is 11.0 Å². The maximum Gasteiger partial charge on any atom is 0.417 e. The van der Waals surface area contributed by atoms with Gasteiger partial charge in [-0.25, -0.2) is 4.79 Å². The summed E-state index contributed by atoms with van der Waals surface area (Å²) < 4.78 is 51.9. The van der Waals surface area contributed by atoms with E-state index in [1.165, 1.54) is 28.8 Å². The van der Waals surface area contributed by atoms with Crippen molar-refractivity contribution in [3.63, 3.8) is 0 Å². The lowest BCUT2D eigenvalue weighted by Crippen LogP contribution is -2.12. The van der Waals surface area contributed by atoms with Gasteiger partial charge in [-0.1, -0.05) is 6.92 Å². The number of aromatic nitrogens is 1. The standard InChI is InChI=1S/C20H20F3NO5/c1-2-12-15(28-10-4-3-9-24-16(25)7-8-17(24)26)6-5-13-14(20(21,22)23)11-18(27)29-19(12)13/h5-8,11,25-26H,2-4,9-10H2,1H3. The second-order valence-corrected chi connectivity index (χ2v) is 6.51. The third-order valence-corrected chi connectivity index (χ3v) is 4.60. The van der Waals surface area contributed by atoms with Crippen LogP contribution in [0.2, 0.25) is 0 Å². The van der Waals surface area contributed by atoms with Crippen LogP contribution in [0.3, 0.4) is 0 Å². The van der Waals surface area contributed by atoms with Crippen LogP contribution in [0.15, 0.2) is 39.5 Å².